The Labute approximate surface area is 154 Å². The normalized spacial score (nSPS) is 10.5. The zero-order valence-electron chi connectivity index (χ0n) is 13.3. The summed E-state index contributed by atoms with van der Waals surface area (Å²) in [5, 5.41) is 7.94. The van der Waals surface area contributed by atoms with Crippen LogP contribution < -0.4 is 4.74 Å². The Morgan fingerprint density at radius 3 is 2.60 bits per heavy atom. The van der Waals surface area contributed by atoms with Crippen molar-refractivity contribution in [1.29, 1.82) is 0 Å². The second-order valence-electron chi connectivity index (χ2n) is 5.05. The van der Waals surface area contributed by atoms with Gasteiger partial charge >= 0.3 is 6.16 Å². The third-order valence-electron chi connectivity index (χ3n) is 3.44. The molecule has 0 atom stereocenters. The molecule has 0 amide bonds. The summed E-state index contributed by atoms with van der Waals surface area (Å²) in [6.45, 7) is 1.89. The Balaban J connectivity index is 2.14. The third-order valence-corrected chi connectivity index (χ3v) is 3.99. The molecule has 0 bridgehead atoms. The molecule has 1 aromatic heterocycles. The van der Waals surface area contributed by atoms with E-state index in [1.165, 1.54) is 0 Å². The molecule has 25 heavy (non-hydrogen) atoms. The molecule has 1 heterocycles. The highest BCUT2D eigenvalue weighted by molar-refractivity contribution is 6.36. The monoisotopic (exact) mass is 376 g/mol. The minimum absolute atomic E-state index is 0.0847. The van der Waals surface area contributed by atoms with Crippen molar-refractivity contribution in [3.63, 3.8) is 0 Å². The van der Waals surface area contributed by atoms with Crippen molar-refractivity contribution in [2.24, 2.45) is 0 Å². The maximum absolute atomic E-state index is 11.7. The van der Waals surface area contributed by atoms with Gasteiger partial charge in [-0.3, -0.25) is 5.10 Å². The van der Waals surface area contributed by atoms with E-state index < -0.39 is 6.16 Å². The SMILES string of the molecule is CCOC(=O)Oc1n[nH]c(-c2ccccc2)c1-c1ccc(Cl)cc1Cl. The van der Waals surface area contributed by atoms with Crippen LogP contribution in [0.4, 0.5) is 4.79 Å². The average molecular weight is 377 g/mol. The van der Waals surface area contributed by atoms with Gasteiger partial charge in [-0.25, -0.2) is 4.79 Å². The molecule has 0 saturated heterocycles. The number of hydrogen-bond donors (Lipinski definition) is 1. The van der Waals surface area contributed by atoms with Gasteiger partial charge in [0, 0.05) is 16.1 Å². The lowest BCUT2D eigenvalue weighted by Crippen LogP contribution is -2.10. The second kappa shape index (κ2) is 7.59. The van der Waals surface area contributed by atoms with Crippen molar-refractivity contribution in [2.45, 2.75) is 6.92 Å². The summed E-state index contributed by atoms with van der Waals surface area (Å²) in [5.74, 6) is 0.0847. The number of ether oxygens (including phenoxy) is 2. The lowest BCUT2D eigenvalue weighted by molar-refractivity contribution is 0.103. The summed E-state index contributed by atoms with van der Waals surface area (Å²) >= 11 is 12.3. The van der Waals surface area contributed by atoms with Crippen LogP contribution in [0.2, 0.25) is 10.0 Å². The fourth-order valence-corrected chi connectivity index (χ4v) is 2.88. The zero-order chi connectivity index (χ0) is 17.8. The quantitative estimate of drug-likeness (QED) is 0.603. The van der Waals surface area contributed by atoms with E-state index in [2.05, 4.69) is 10.2 Å². The van der Waals surface area contributed by atoms with Crippen LogP contribution in [-0.2, 0) is 4.74 Å². The summed E-state index contributed by atoms with van der Waals surface area (Å²) in [6.07, 6.45) is -0.833. The third kappa shape index (κ3) is 3.78. The number of nitrogens with zero attached hydrogens (tertiary/aromatic N) is 1. The molecule has 0 aliphatic carbocycles. The lowest BCUT2D eigenvalue weighted by atomic mass is 10.0. The van der Waals surface area contributed by atoms with E-state index in [-0.39, 0.29) is 12.5 Å². The van der Waals surface area contributed by atoms with Crippen LogP contribution in [0.1, 0.15) is 6.92 Å². The maximum Gasteiger partial charge on any atom is 0.515 e. The van der Waals surface area contributed by atoms with Gasteiger partial charge in [0.05, 0.1) is 22.9 Å². The molecule has 1 N–H and O–H groups in total. The topological polar surface area (TPSA) is 64.2 Å². The van der Waals surface area contributed by atoms with Gasteiger partial charge in [-0.05, 0) is 19.1 Å². The Hall–Kier alpha value is -2.50. The van der Waals surface area contributed by atoms with Crippen LogP contribution in [0.25, 0.3) is 22.4 Å². The van der Waals surface area contributed by atoms with Crippen molar-refractivity contribution in [1.82, 2.24) is 10.2 Å². The Morgan fingerprint density at radius 2 is 1.92 bits per heavy atom. The molecule has 2 aromatic carbocycles. The largest absolute Gasteiger partial charge is 0.515 e. The number of aromatic nitrogens is 2. The smallest absolute Gasteiger partial charge is 0.434 e. The van der Waals surface area contributed by atoms with Crippen molar-refractivity contribution in [2.75, 3.05) is 6.61 Å². The fourth-order valence-electron chi connectivity index (χ4n) is 2.38. The number of hydrogen-bond acceptors (Lipinski definition) is 4. The molecule has 0 fully saturated rings. The molecule has 0 unspecified atom stereocenters. The summed E-state index contributed by atoms with van der Waals surface area (Å²) in [7, 11) is 0. The summed E-state index contributed by atoms with van der Waals surface area (Å²) in [4.78, 5) is 11.7. The summed E-state index contributed by atoms with van der Waals surface area (Å²) in [5.41, 5.74) is 2.73. The number of H-pyrrole nitrogens is 1. The summed E-state index contributed by atoms with van der Waals surface area (Å²) < 4.78 is 10.1. The first-order valence-electron chi connectivity index (χ1n) is 7.54. The molecule has 0 spiro atoms. The van der Waals surface area contributed by atoms with E-state index in [1.807, 2.05) is 30.3 Å². The molecule has 128 valence electrons. The molecular weight excluding hydrogens is 363 g/mol. The first-order chi connectivity index (χ1) is 12.1. The van der Waals surface area contributed by atoms with Crippen LogP contribution in [0.3, 0.4) is 0 Å². The van der Waals surface area contributed by atoms with Crippen molar-refractivity contribution in [3.05, 3.63) is 58.6 Å². The Morgan fingerprint density at radius 1 is 1.16 bits per heavy atom. The number of carbonyl (C=O) groups is 1. The number of nitrogens with one attached hydrogen (secondary N) is 1. The van der Waals surface area contributed by atoms with Gasteiger partial charge in [-0.15, -0.1) is 5.10 Å². The molecule has 3 aromatic rings. The highest BCUT2D eigenvalue weighted by Crippen LogP contribution is 2.41. The molecule has 0 saturated carbocycles. The minimum atomic E-state index is -0.833. The van der Waals surface area contributed by atoms with E-state index in [9.17, 15) is 4.79 Å². The standard InChI is InChI=1S/C18H14Cl2N2O3/c1-2-24-18(23)25-17-15(13-9-8-12(19)10-14(13)20)16(21-22-17)11-6-4-3-5-7-11/h3-10H,2H2,1H3,(H,21,22). The van der Waals surface area contributed by atoms with Gasteiger partial charge in [0.15, 0.2) is 0 Å². The first kappa shape index (κ1) is 17.3. The lowest BCUT2D eigenvalue weighted by Gasteiger charge is -2.09. The first-order valence-corrected chi connectivity index (χ1v) is 8.29. The molecule has 0 aliphatic rings. The Kier molecular flexibility index (Phi) is 5.26. The zero-order valence-corrected chi connectivity index (χ0v) is 14.8. The molecule has 0 aliphatic heterocycles. The molecule has 5 nitrogen and oxygen atoms in total. The number of carbonyl (C=O) groups excluding carboxylic acids is 1. The highest BCUT2D eigenvalue weighted by Gasteiger charge is 2.22. The van der Waals surface area contributed by atoms with Gasteiger partial charge in [0.25, 0.3) is 5.88 Å². The number of halogens is 2. The summed E-state index contributed by atoms with van der Waals surface area (Å²) in [6, 6.07) is 14.6. The predicted molar refractivity (Wildman–Crippen MR) is 97.1 cm³/mol. The van der Waals surface area contributed by atoms with Crippen LogP contribution in [0.5, 0.6) is 5.88 Å². The van der Waals surface area contributed by atoms with Gasteiger partial charge in [-0.1, -0.05) is 59.6 Å². The maximum atomic E-state index is 11.7. The second-order valence-corrected chi connectivity index (χ2v) is 5.90. The van der Waals surface area contributed by atoms with Crippen molar-refractivity contribution < 1.29 is 14.3 Å². The molecule has 0 radical (unpaired) electrons. The van der Waals surface area contributed by atoms with E-state index in [1.54, 1.807) is 25.1 Å². The van der Waals surface area contributed by atoms with E-state index in [4.69, 9.17) is 32.7 Å². The van der Waals surface area contributed by atoms with Crippen molar-refractivity contribution >= 4 is 29.4 Å². The van der Waals surface area contributed by atoms with Gasteiger partial charge in [0.2, 0.25) is 0 Å². The van der Waals surface area contributed by atoms with Crippen LogP contribution in [-0.4, -0.2) is 23.0 Å². The number of rotatable bonds is 4. The Bertz CT molecular complexity index is 895. The van der Waals surface area contributed by atoms with E-state index in [0.29, 0.717) is 26.9 Å². The van der Waals surface area contributed by atoms with Gasteiger partial charge < -0.3 is 9.47 Å². The fraction of sp³-hybridized carbons (Fsp3) is 0.111. The minimum Gasteiger partial charge on any atom is -0.434 e. The van der Waals surface area contributed by atoms with Crippen molar-refractivity contribution in [3.8, 4) is 28.3 Å². The number of benzene rings is 2. The molecular formula is C18H14Cl2N2O3. The van der Waals surface area contributed by atoms with Crippen LogP contribution in [0.15, 0.2) is 48.5 Å². The number of aromatic amines is 1. The van der Waals surface area contributed by atoms with Gasteiger partial charge in [0.1, 0.15) is 0 Å². The van der Waals surface area contributed by atoms with Crippen LogP contribution in [0, 0.1) is 0 Å². The highest BCUT2D eigenvalue weighted by atomic mass is 35.5. The van der Waals surface area contributed by atoms with Crippen LogP contribution >= 0.6 is 23.2 Å². The van der Waals surface area contributed by atoms with Gasteiger partial charge in [-0.2, -0.15) is 0 Å². The van der Waals surface area contributed by atoms with E-state index >= 15 is 0 Å². The molecule has 7 heteroatoms. The molecule has 3 rings (SSSR count). The van der Waals surface area contributed by atoms with E-state index in [0.717, 1.165) is 5.56 Å². The average Bonchev–Trinajstić information content (AvgIpc) is 2.99. The predicted octanol–water partition coefficient (Wildman–Crippen LogP) is 5.59.